The van der Waals surface area contributed by atoms with Gasteiger partial charge in [-0.05, 0) is 44.3 Å². The topological polar surface area (TPSA) is 52.6 Å². The van der Waals surface area contributed by atoms with Crippen molar-refractivity contribution < 1.29 is 9.90 Å². The number of piperidine rings is 1. The van der Waals surface area contributed by atoms with Crippen molar-refractivity contribution in [1.82, 2.24) is 10.2 Å². The zero-order valence-electron chi connectivity index (χ0n) is 12.8. The number of nitrogens with one attached hydrogen (secondary N) is 1. The zero-order valence-corrected chi connectivity index (χ0v) is 12.8. The van der Waals surface area contributed by atoms with Crippen molar-refractivity contribution in [3.63, 3.8) is 0 Å². The summed E-state index contributed by atoms with van der Waals surface area (Å²) in [6, 6.07) is 10.1. The molecule has 1 saturated heterocycles. The Hall–Kier alpha value is -1.39. The average molecular weight is 290 g/mol. The van der Waals surface area contributed by atoms with E-state index in [0.717, 1.165) is 38.0 Å². The van der Waals surface area contributed by atoms with Gasteiger partial charge in [0.25, 0.3) is 0 Å². The van der Waals surface area contributed by atoms with Crippen LogP contribution in [0.3, 0.4) is 0 Å². The number of nitrogens with zero attached hydrogens (tertiary/aromatic N) is 1. The lowest BCUT2D eigenvalue weighted by molar-refractivity contribution is -0.122. The standard InChI is InChI=1S/C17H26N2O2/c1-14(16-5-3-2-4-6-16)18-17(21)9-12-19-10-7-15(13-20)8-11-19/h2-6,14-15,20H,7-13H2,1H3,(H,18,21). The smallest absolute Gasteiger partial charge is 0.221 e. The minimum atomic E-state index is 0.0545. The maximum absolute atomic E-state index is 12.0. The first-order valence-electron chi connectivity index (χ1n) is 7.86. The zero-order chi connectivity index (χ0) is 15.1. The van der Waals surface area contributed by atoms with Crippen LogP contribution in [-0.2, 0) is 4.79 Å². The number of aliphatic hydroxyl groups is 1. The fraction of sp³-hybridized carbons (Fsp3) is 0.588. The Balaban J connectivity index is 1.68. The number of hydrogen-bond donors (Lipinski definition) is 2. The molecule has 21 heavy (non-hydrogen) atoms. The Morgan fingerprint density at radius 2 is 2.00 bits per heavy atom. The molecular weight excluding hydrogens is 264 g/mol. The number of likely N-dealkylation sites (tertiary alicyclic amines) is 1. The van der Waals surface area contributed by atoms with Gasteiger partial charge >= 0.3 is 0 Å². The van der Waals surface area contributed by atoms with Gasteiger partial charge in [-0.1, -0.05) is 30.3 Å². The average Bonchev–Trinajstić information content (AvgIpc) is 2.54. The minimum Gasteiger partial charge on any atom is -0.396 e. The lowest BCUT2D eigenvalue weighted by Crippen LogP contribution is -2.37. The van der Waals surface area contributed by atoms with Gasteiger partial charge in [-0.15, -0.1) is 0 Å². The first-order chi connectivity index (χ1) is 10.2. The third kappa shape index (κ3) is 5.14. The largest absolute Gasteiger partial charge is 0.396 e. The Morgan fingerprint density at radius 3 is 2.62 bits per heavy atom. The van der Waals surface area contributed by atoms with Gasteiger partial charge in [0, 0.05) is 19.6 Å². The van der Waals surface area contributed by atoms with Crippen LogP contribution in [0.5, 0.6) is 0 Å². The fourth-order valence-corrected chi connectivity index (χ4v) is 2.79. The van der Waals surface area contributed by atoms with Crippen LogP contribution >= 0.6 is 0 Å². The number of benzene rings is 1. The fourth-order valence-electron chi connectivity index (χ4n) is 2.79. The summed E-state index contributed by atoms with van der Waals surface area (Å²) in [5.41, 5.74) is 1.13. The molecule has 2 rings (SSSR count). The molecule has 0 saturated carbocycles. The SMILES string of the molecule is CC(NC(=O)CCN1CCC(CO)CC1)c1ccccc1. The van der Waals surface area contributed by atoms with Gasteiger partial charge < -0.3 is 15.3 Å². The number of carbonyl (C=O) groups is 1. The van der Waals surface area contributed by atoms with Gasteiger partial charge in [0.1, 0.15) is 0 Å². The van der Waals surface area contributed by atoms with E-state index in [2.05, 4.69) is 10.2 Å². The number of rotatable bonds is 6. The van der Waals surface area contributed by atoms with Gasteiger partial charge in [-0.3, -0.25) is 4.79 Å². The summed E-state index contributed by atoms with van der Waals surface area (Å²) in [5, 5.41) is 12.2. The van der Waals surface area contributed by atoms with E-state index in [1.54, 1.807) is 0 Å². The van der Waals surface area contributed by atoms with E-state index in [9.17, 15) is 4.79 Å². The molecule has 1 unspecified atom stereocenters. The van der Waals surface area contributed by atoms with Crippen molar-refractivity contribution in [2.45, 2.75) is 32.2 Å². The molecule has 1 aliphatic rings. The highest BCUT2D eigenvalue weighted by Gasteiger charge is 2.19. The Morgan fingerprint density at radius 1 is 1.33 bits per heavy atom. The maximum atomic E-state index is 12.0. The van der Waals surface area contributed by atoms with Gasteiger partial charge in [-0.25, -0.2) is 0 Å². The molecule has 1 aromatic rings. The summed E-state index contributed by atoms with van der Waals surface area (Å²) in [6.07, 6.45) is 2.62. The van der Waals surface area contributed by atoms with E-state index < -0.39 is 0 Å². The molecule has 0 aromatic heterocycles. The number of aliphatic hydroxyl groups excluding tert-OH is 1. The summed E-state index contributed by atoms with van der Waals surface area (Å²) in [4.78, 5) is 14.3. The van der Waals surface area contributed by atoms with E-state index in [1.165, 1.54) is 0 Å². The summed E-state index contributed by atoms with van der Waals surface area (Å²) in [5.74, 6) is 0.559. The van der Waals surface area contributed by atoms with Crippen LogP contribution < -0.4 is 5.32 Å². The third-order valence-electron chi connectivity index (χ3n) is 4.30. The predicted molar refractivity (Wildman–Crippen MR) is 83.9 cm³/mol. The lowest BCUT2D eigenvalue weighted by Gasteiger charge is -2.30. The molecule has 1 aromatic carbocycles. The lowest BCUT2D eigenvalue weighted by atomic mass is 9.98. The van der Waals surface area contributed by atoms with E-state index in [1.807, 2.05) is 37.3 Å². The molecule has 1 atom stereocenters. The van der Waals surface area contributed by atoms with Gasteiger partial charge in [0.05, 0.1) is 6.04 Å². The highest BCUT2D eigenvalue weighted by Crippen LogP contribution is 2.16. The molecule has 4 heteroatoms. The molecule has 0 aliphatic carbocycles. The summed E-state index contributed by atoms with van der Waals surface area (Å²) >= 11 is 0. The van der Waals surface area contributed by atoms with Gasteiger partial charge in [0.15, 0.2) is 0 Å². The van der Waals surface area contributed by atoms with Gasteiger partial charge in [0.2, 0.25) is 5.91 Å². The van der Waals surface area contributed by atoms with Crippen LogP contribution in [-0.4, -0.2) is 42.2 Å². The van der Waals surface area contributed by atoms with E-state index in [-0.39, 0.29) is 11.9 Å². The van der Waals surface area contributed by atoms with Crippen molar-refractivity contribution in [3.05, 3.63) is 35.9 Å². The normalized spacial score (nSPS) is 18.4. The monoisotopic (exact) mass is 290 g/mol. The van der Waals surface area contributed by atoms with E-state index in [0.29, 0.717) is 18.9 Å². The van der Waals surface area contributed by atoms with E-state index in [4.69, 9.17) is 5.11 Å². The van der Waals surface area contributed by atoms with Crippen molar-refractivity contribution in [2.75, 3.05) is 26.2 Å². The van der Waals surface area contributed by atoms with Crippen molar-refractivity contribution in [1.29, 1.82) is 0 Å². The Kier molecular flexibility index (Phi) is 6.21. The Bertz CT molecular complexity index is 428. The van der Waals surface area contributed by atoms with Crippen LogP contribution in [0.15, 0.2) is 30.3 Å². The molecule has 0 spiro atoms. The second-order valence-electron chi connectivity index (χ2n) is 5.92. The van der Waals surface area contributed by atoms with E-state index >= 15 is 0 Å². The quantitative estimate of drug-likeness (QED) is 0.842. The molecule has 116 valence electrons. The molecule has 1 fully saturated rings. The maximum Gasteiger partial charge on any atom is 0.221 e. The molecule has 1 amide bonds. The van der Waals surface area contributed by atoms with Crippen molar-refractivity contribution in [3.8, 4) is 0 Å². The first kappa shape index (κ1) is 16.0. The van der Waals surface area contributed by atoms with Crippen LogP contribution in [0, 0.1) is 5.92 Å². The molecule has 0 bridgehead atoms. The Labute approximate surface area is 127 Å². The third-order valence-corrected chi connectivity index (χ3v) is 4.30. The number of hydrogen-bond acceptors (Lipinski definition) is 3. The summed E-state index contributed by atoms with van der Waals surface area (Å²) in [7, 11) is 0. The molecular formula is C17H26N2O2. The second kappa shape index (κ2) is 8.15. The van der Waals surface area contributed by atoms with Crippen molar-refractivity contribution in [2.24, 2.45) is 5.92 Å². The molecule has 1 heterocycles. The second-order valence-corrected chi connectivity index (χ2v) is 5.92. The molecule has 4 nitrogen and oxygen atoms in total. The molecule has 2 N–H and O–H groups in total. The number of carbonyl (C=O) groups excluding carboxylic acids is 1. The minimum absolute atomic E-state index is 0.0545. The van der Waals surface area contributed by atoms with Crippen LogP contribution in [0.25, 0.3) is 0 Å². The summed E-state index contributed by atoms with van der Waals surface area (Å²) < 4.78 is 0. The predicted octanol–water partition coefficient (Wildman–Crippen LogP) is 1.96. The van der Waals surface area contributed by atoms with Crippen LogP contribution in [0.1, 0.15) is 37.8 Å². The van der Waals surface area contributed by atoms with Gasteiger partial charge in [-0.2, -0.15) is 0 Å². The number of amides is 1. The summed E-state index contributed by atoms with van der Waals surface area (Å²) in [6.45, 7) is 5.11. The molecule has 1 aliphatic heterocycles. The highest BCUT2D eigenvalue weighted by molar-refractivity contribution is 5.76. The molecule has 0 radical (unpaired) electrons. The first-order valence-corrected chi connectivity index (χ1v) is 7.86. The highest BCUT2D eigenvalue weighted by atomic mass is 16.3. The van der Waals surface area contributed by atoms with Crippen molar-refractivity contribution >= 4 is 5.91 Å². The van der Waals surface area contributed by atoms with Crippen LogP contribution in [0.4, 0.5) is 0 Å². The van der Waals surface area contributed by atoms with Crippen LogP contribution in [0.2, 0.25) is 0 Å².